The smallest absolute Gasteiger partial charge is 0.0964 e. The van der Waals surface area contributed by atoms with E-state index >= 15 is 0 Å². The van der Waals surface area contributed by atoms with Crippen molar-refractivity contribution in [2.45, 2.75) is 26.7 Å². The molecule has 76 valence electrons. The van der Waals surface area contributed by atoms with Crippen LogP contribution in [-0.4, -0.2) is 5.84 Å². The summed E-state index contributed by atoms with van der Waals surface area (Å²) in [7, 11) is 0. The molecule has 0 spiro atoms. The lowest BCUT2D eigenvalue weighted by molar-refractivity contribution is 0.922. The van der Waals surface area contributed by atoms with E-state index in [0.29, 0.717) is 5.84 Å². The summed E-state index contributed by atoms with van der Waals surface area (Å²) in [5, 5.41) is 0.773. The Labute approximate surface area is 89.8 Å². The van der Waals surface area contributed by atoms with Crippen molar-refractivity contribution < 1.29 is 0 Å². The number of aryl methyl sites for hydroxylation is 1. The van der Waals surface area contributed by atoms with Gasteiger partial charge in [0.05, 0.1) is 11.5 Å². The quantitative estimate of drug-likeness (QED) is 0.604. The van der Waals surface area contributed by atoms with Gasteiger partial charge in [-0.1, -0.05) is 31.0 Å². The van der Waals surface area contributed by atoms with Gasteiger partial charge in [-0.25, -0.2) is 4.99 Å². The molecule has 0 heterocycles. The zero-order chi connectivity index (χ0) is 10.6. The van der Waals surface area contributed by atoms with Crippen LogP contribution >= 0.6 is 11.6 Å². The maximum absolute atomic E-state index is 6.08. The van der Waals surface area contributed by atoms with Crippen molar-refractivity contribution in [1.29, 1.82) is 0 Å². The molecule has 3 heteroatoms. The number of rotatable bonds is 3. The van der Waals surface area contributed by atoms with Crippen LogP contribution in [0.4, 0.5) is 5.69 Å². The highest BCUT2D eigenvalue weighted by molar-refractivity contribution is 6.31. The molecule has 0 bridgehead atoms. The largest absolute Gasteiger partial charge is 0.387 e. The van der Waals surface area contributed by atoms with Crippen LogP contribution in [0.25, 0.3) is 0 Å². The second kappa shape index (κ2) is 5.01. The van der Waals surface area contributed by atoms with Crippen molar-refractivity contribution in [2.75, 3.05) is 0 Å². The highest BCUT2D eigenvalue weighted by atomic mass is 35.5. The lowest BCUT2D eigenvalue weighted by Crippen LogP contribution is -2.03. The van der Waals surface area contributed by atoms with Crippen molar-refractivity contribution >= 4 is 23.1 Å². The van der Waals surface area contributed by atoms with Crippen LogP contribution in [0.5, 0.6) is 0 Å². The second-order valence-corrected chi connectivity index (χ2v) is 3.69. The van der Waals surface area contributed by atoms with Gasteiger partial charge in [0.1, 0.15) is 0 Å². The number of hydrogen-bond donors (Lipinski definition) is 1. The Kier molecular flexibility index (Phi) is 3.96. The summed E-state index contributed by atoms with van der Waals surface area (Å²) in [6, 6.07) is 5.80. The second-order valence-electron chi connectivity index (χ2n) is 3.28. The summed E-state index contributed by atoms with van der Waals surface area (Å²) < 4.78 is 0. The summed E-state index contributed by atoms with van der Waals surface area (Å²) in [4.78, 5) is 4.13. The van der Waals surface area contributed by atoms with Gasteiger partial charge in [-0.15, -0.1) is 0 Å². The Bertz CT molecular complexity index is 341. The van der Waals surface area contributed by atoms with Crippen molar-refractivity contribution in [3.8, 4) is 0 Å². The molecule has 0 aliphatic rings. The van der Waals surface area contributed by atoms with Gasteiger partial charge < -0.3 is 5.73 Å². The zero-order valence-electron chi connectivity index (χ0n) is 8.55. The van der Waals surface area contributed by atoms with Gasteiger partial charge in [0, 0.05) is 5.02 Å². The number of aliphatic imine (C=N–C) groups is 1. The predicted molar refractivity (Wildman–Crippen MR) is 62.4 cm³/mol. The molecule has 0 unspecified atom stereocenters. The molecule has 2 nitrogen and oxygen atoms in total. The van der Waals surface area contributed by atoms with Gasteiger partial charge in [0.15, 0.2) is 0 Å². The van der Waals surface area contributed by atoms with Crippen LogP contribution in [0, 0.1) is 0 Å². The Hall–Kier alpha value is -1.02. The third-order valence-electron chi connectivity index (χ3n) is 1.86. The normalized spacial score (nSPS) is 11.8. The Morgan fingerprint density at radius 3 is 2.71 bits per heavy atom. The number of amidine groups is 1. The average molecular weight is 211 g/mol. The topological polar surface area (TPSA) is 38.4 Å². The first-order valence-electron chi connectivity index (χ1n) is 4.72. The Morgan fingerprint density at radius 2 is 2.21 bits per heavy atom. The first kappa shape index (κ1) is 11.1. The van der Waals surface area contributed by atoms with E-state index in [1.165, 1.54) is 5.56 Å². The monoisotopic (exact) mass is 210 g/mol. The summed E-state index contributed by atoms with van der Waals surface area (Å²) in [6.07, 6.45) is 2.10. The molecule has 1 aromatic rings. The van der Waals surface area contributed by atoms with Crippen molar-refractivity contribution in [3.63, 3.8) is 0 Å². The summed E-state index contributed by atoms with van der Waals surface area (Å²) in [6.45, 7) is 3.89. The lowest BCUT2D eigenvalue weighted by atomic mass is 10.1. The van der Waals surface area contributed by atoms with E-state index in [1.54, 1.807) is 6.92 Å². The molecule has 0 aliphatic carbocycles. The number of hydrogen-bond acceptors (Lipinski definition) is 1. The molecular weight excluding hydrogens is 196 g/mol. The van der Waals surface area contributed by atoms with E-state index < -0.39 is 0 Å². The van der Waals surface area contributed by atoms with Crippen molar-refractivity contribution in [2.24, 2.45) is 10.7 Å². The Morgan fingerprint density at radius 1 is 1.50 bits per heavy atom. The van der Waals surface area contributed by atoms with Gasteiger partial charge in [-0.2, -0.15) is 0 Å². The van der Waals surface area contributed by atoms with E-state index in [2.05, 4.69) is 11.9 Å². The molecule has 2 N–H and O–H groups in total. The van der Waals surface area contributed by atoms with E-state index in [9.17, 15) is 0 Å². The van der Waals surface area contributed by atoms with Gasteiger partial charge in [-0.3, -0.25) is 0 Å². The highest BCUT2D eigenvalue weighted by Crippen LogP contribution is 2.23. The minimum Gasteiger partial charge on any atom is -0.387 e. The fraction of sp³-hybridized carbons (Fsp3) is 0.364. The fourth-order valence-electron chi connectivity index (χ4n) is 1.28. The molecule has 0 fully saturated rings. The molecule has 0 aromatic heterocycles. The molecular formula is C11H15ClN2. The minimum atomic E-state index is 0.546. The van der Waals surface area contributed by atoms with Gasteiger partial charge >= 0.3 is 0 Å². The van der Waals surface area contributed by atoms with Crippen LogP contribution in [0.15, 0.2) is 23.2 Å². The van der Waals surface area contributed by atoms with E-state index in [-0.39, 0.29) is 0 Å². The molecule has 0 radical (unpaired) electrons. The van der Waals surface area contributed by atoms with Crippen molar-refractivity contribution in [1.82, 2.24) is 0 Å². The van der Waals surface area contributed by atoms with Crippen molar-refractivity contribution in [3.05, 3.63) is 28.8 Å². The summed E-state index contributed by atoms with van der Waals surface area (Å²) in [5.41, 5.74) is 7.46. The molecule has 14 heavy (non-hydrogen) atoms. The molecule has 0 amide bonds. The first-order chi connectivity index (χ1) is 6.63. The number of benzene rings is 1. The van der Waals surface area contributed by atoms with E-state index in [4.69, 9.17) is 17.3 Å². The first-order valence-corrected chi connectivity index (χ1v) is 5.10. The summed E-state index contributed by atoms with van der Waals surface area (Å²) >= 11 is 6.08. The molecule has 0 saturated carbocycles. The van der Waals surface area contributed by atoms with Crippen LogP contribution in [0.1, 0.15) is 25.8 Å². The highest BCUT2D eigenvalue weighted by Gasteiger charge is 2.00. The van der Waals surface area contributed by atoms with E-state index in [1.807, 2.05) is 18.2 Å². The predicted octanol–water partition coefficient (Wildman–Crippen LogP) is 3.30. The number of halogens is 1. The maximum atomic E-state index is 6.08. The van der Waals surface area contributed by atoms with Crippen LogP contribution in [0.2, 0.25) is 5.02 Å². The van der Waals surface area contributed by atoms with Crippen LogP contribution in [-0.2, 0) is 6.42 Å². The third-order valence-corrected chi connectivity index (χ3v) is 2.21. The minimum absolute atomic E-state index is 0.546. The molecule has 0 aliphatic heterocycles. The van der Waals surface area contributed by atoms with Crippen LogP contribution < -0.4 is 5.73 Å². The number of nitrogens with two attached hydrogens (primary N) is 1. The average Bonchev–Trinajstić information content (AvgIpc) is 2.09. The zero-order valence-corrected chi connectivity index (χ0v) is 9.30. The molecule has 1 rings (SSSR count). The van der Waals surface area contributed by atoms with Gasteiger partial charge in [0.25, 0.3) is 0 Å². The Balaban J connectivity index is 2.94. The van der Waals surface area contributed by atoms with Crippen LogP contribution in [0.3, 0.4) is 0 Å². The summed E-state index contributed by atoms with van der Waals surface area (Å²) in [5.74, 6) is 0.546. The fourth-order valence-corrected chi connectivity index (χ4v) is 1.55. The SMILES string of the molecule is CCCc1ccc(N=C(C)N)cc1Cl. The molecule has 1 aromatic carbocycles. The number of nitrogens with zero attached hydrogens (tertiary/aromatic N) is 1. The van der Waals surface area contributed by atoms with E-state index in [0.717, 1.165) is 23.6 Å². The standard InChI is InChI=1S/C11H15ClN2/c1-3-4-9-5-6-10(7-11(9)12)14-8(2)13/h5-7H,3-4H2,1-2H3,(H2,13,14). The molecule has 0 saturated heterocycles. The maximum Gasteiger partial charge on any atom is 0.0964 e. The third kappa shape index (κ3) is 3.04. The van der Waals surface area contributed by atoms with Gasteiger partial charge in [-0.05, 0) is 31.0 Å². The van der Waals surface area contributed by atoms with Gasteiger partial charge in [0.2, 0.25) is 0 Å². The lowest BCUT2D eigenvalue weighted by Gasteiger charge is -2.03. The molecule has 0 atom stereocenters.